The third-order valence-corrected chi connectivity index (χ3v) is 4.97. The molecule has 2 aromatic rings. The van der Waals surface area contributed by atoms with Gasteiger partial charge in [0.05, 0.1) is 12.0 Å². The Bertz CT molecular complexity index is 645. The molecule has 1 aliphatic heterocycles. The van der Waals surface area contributed by atoms with Crippen LogP contribution in [0.5, 0.6) is 0 Å². The minimum Gasteiger partial charge on any atom is -0.381 e. The number of ether oxygens (including phenoxy) is 1. The Morgan fingerprint density at radius 2 is 2.19 bits per heavy atom. The Balaban J connectivity index is 1.69. The quantitative estimate of drug-likeness (QED) is 0.867. The molecule has 1 saturated heterocycles. The van der Waals surface area contributed by atoms with Crippen molar-refractivity contribution in [2.75, 3.05) is 13.2 Å². The highest BCUT2D eigenvalue weighted by atomic mass is 35.5. The summed E-state index contributed by atoms with van der Waals surface area (Å²) >= 11 is 6.15. The lowest BCUT2D eigenvalue weighted by molar-refractivity contribution is 0.192. The Kier molecular flexibility index (Phi) is 3.23. The lowest BCUT2D eigenvalue weighted by atomic mass is 9.64. The summed E-state index contributed by atoms with van der Waals surface area (Å²) in [7, 11) is 0. The highest BCUT2D eigenvalue weighted by molar-refractivity contribution is 6.30. The lowest BCUT2D eigenvalue weighted by Gasteiger charge is -2.39. The van der Waals surface area contributed by atoms with Gasteiger partial charge in [0.25, 0.3) is 0 Å². The van der Waals surface area contributed by atoms with E-state index in [1.165, 1.54) is 12.0 Å². The molecule has 110 valence electrons. The van der Waals surface area contributed by atoms with Gasteiger partial charge in [-0.3, -0.25) is 0 Å². The van der Waals surface area contributed by atoms with Gasteiger partial charge in [0, 0.05) is 17.5 Å². The predicted molar refractivity (Wildman–Crippen MR) is 78.6 cm³/mol. The van der Waals surface area contributed by atoms with Crippen molar-refractivity contribution in [1.82, 2.24) is 10.1 Å². The third-order valence-electron chi connectivity index (χ3n) is 4.73. The maximum absolute atomic E-state index is 6.15. The molecule has 4 nitrogen and oxygen atoms in total. The lowest BCUT2D eigenvalue weighted by Crippen LogP contribution is -2.35. The number of rotatable bonds is 3. The molecular formula is C16H17ClN2O2. The molecule has 1 saturated carbocycles. The zero-order valence-electron chi connectivity index (χ0n) is 11.7. The van der Waals surface area contributed by atoms with Crippen LogP contribution in [0.3, 0.4) is 0 Å². The van der Waals surface area contributed by atoms with Gasteiger partial charge in [-0.05, 0) is 37.0 Å². The molecule has 1 aliphatic carbocycles. The topological polar surface area (TPSA) is 48.2 Å². The van der Waals surface area contributed by atoms with Crippen LogP contribution >= 0.6 is 11.6 Å². The average molecular weight is 305 g/mol. The molecule has 2 fully saturated rings. The van der Waals surface area contributed by atoms with E-state index in [4.69, 9.17) is 25.8 Å². The summed E-state index contributed by atoms with van der Waals surface area (Å²) in [6, 6.07) is 8.00. The van der Waals surface area contributed by atoms with Crippen molar-refractivity contribution in [2.45, 2.75) is 37.0 Å². The Labute approximate surface area is 128 Å². The van der Waals surface area contributed by atoms with Crippen LogP contribution in [-0.2, 0) is 10.2 Å². The molecule has 5 heteroatoms. The van der Waals surface area contributed by atoms with Crippen LogP contribution < -0.4 is 0 Å². The second-order valence-corrected chi connectivity index (χ2v) is 6.40. The van der Waals surface area contributed by atoms with Gasteiger partial charge in [0.2, 0.25) is 5.89 Å². The van der Waals surface area contributed by atoms with Gasteiger partial charge in [0.1, 0.15) is 0 Å². The van der Waals surface area contributed by atoms with Crippen molar-refractivity contribution in [3.05, 3.63) is 46.6 Å². The van der Waals surface area contributed by atoms with E-state index in [0.717, 1.165) is 42.6 Å². The van der Waals surface area contributed by atoms with Crippen molar-refractivity contribution in [2.24, 2.45) is 0 Å². The van der Waals surface area contributed by atoms with E-state index in [9.17, 15) is 0 Å². The number of benzene rings is 1. The first-order chi connectivity index (χ1) is 10.3. The fraction of sp³-hybridized carbons (Fsp3) is 0.500. The first kappa shape index (κ1) is 13.3. The summed E-state index contributed by atoms with van der Waals surface area (Å²) in [6.45, 7) is 1.48. The molecular weight excluding hydrogens is 288 g/mol. The van der Waals surface area contributed by atoms with Crippen molar-refractivity contribution >= 4 is 11.6 Å². The first-order valence-electron chi connectivity index (χ1n) is 7.46. The maximum atomic E-state index is 6.15. The molecule has 0 spiro atoms. The van der Waals surface area contributed by atoms with Gasteiger partial charge in [-0.15, -0.1) is 0 Å². The average Bonchev–Trinajstić information content (AvgIpc) is 3.08. The SMILES string of the molecule is Clc1cccc(C2(c3nc(C4CCOC4)no3)CCC2)c1. The van der Waals surface area contributed by atoms with E-state index in [0.29, 0.717) is 6.61 Å². The summed E-state index contributed by atoms with van der Waals surface area (Å²) in [6.07, 6.45) is 4.23. The zero-order chi connectivity index (χ0) is 14.3. The monoisotopic (exact) mass is 304 g/mol. The summed E-state index contributed by atoms with van der Waals surface area (Å²) in [4.78, 5) is 4.69. The van der Waals surface area contributed by atoms with Crippen LogP contribution in [0.2, 0.25) is 5.02 Å². The highest BCUT2D eigenvalue weighted by Gasteiger charge is 2.45. The molecule has 0 bridgehead atoms. The molecule has 1 atom stereocenters. The molecule has 2 heterocycles. The maximum Gasteiger partial charge on any atom is 0.237 e. The summed E-state index contributed by atoms with van der Waals surface area (Å²) in [5, 5.41) is 4.95. The number of hydrogen-bond acceptors (Lipinski definition) is 4. The summed E-state index contributed by atoms with van der Waals surface area (Å²) in [5.41, 5.74) is 1.04. The van der Waals surface area contributed by atoms with Crippen molar-refractivity contribution < 1.29 is 9.26 Å². The van der Waals surface area contributed by atoms with Crippen LogP contribution in [0.1, 0.15) is 48.9 Å². The fourth-order valence-electron chi connectivity index (χ4n) is 3.28. The van der Waals surface area contributed by atoms with E-state index in [-0.39, 0.29) is 11.3 Å². The van der Waals surface area contributed by atoms with Gasteiger partial charge in [-0.1, -0.05) is 35.3 Å². The normalized spacial score (nSPS) is 24.0. The van der Waals surface area contributed by atoms with Crippen molar-refractivity contribution in [1.29, 1.82) is 0 Å². The second kappa shape index (κ2) is 5.11. The molecule has 2 aliphatic rings. The molecule has 0 N–H and O–H groups in total. The molecule has 4 rings (SSSR count). The largest absolute Gasteiger partial charge is 0.381 e. The van der Waals surface area contributed by atoms with E-state index in [1.54, 1.807) is 0 Å². The first-order valence-corrected chi connectivity index (χ1v) is 7.84. The van der Waals surface area contributed by atoms with Crippen molar-refractivity contribution in [3.8, 4) is 0 Å². The van der Waals surface area contributed by atoms with Gasteiger partial charge in [-0.25, -0.2) is 0 Å². The van der Waals surface area contributed by atoms with Crippen LogP contribution in [0.4, 0.5) is 0 Å². The van der Waals surface area contributed by atoms with E-state index in [2.05, 4.69) is 11.2 Å². The summed E-state index contributed by atoms with van der Waals surface area (Å²) < 4.78 is 11.0. The number of nitrogens with zero attached hydrogens (tertiary/aromatic N) is 2. The predicted octanol–water partition coefficient (Wildman–Crippen LogP) is 3.70. The molecule has 21 heavy (non-hydrogen) atoms. The Morgan fingerprint density at radius 1 is 1.29 bits per heavy atom. The fourth-order valence-corrected chi connectivity index (χ4v) is 3.47. The van der Waals surface area contributed by atoms with Crippen molar-refractivity contribution in [3.63, 3.8) is 0 Å². The summed E-state index contributed by atoms with van der Waals surface area (Å²) in [5.74, 6) is 1.80. The van der Waals surface area contributed by atoms with Gasteiger partial charge in [0.15, 0.2) is 5.82 Å². The molecule has 0 radical (unpaired) electrons. The minimum atomic E-state index is -0.143. The second-order valence-electron chi connectivity index (χ2n) is 5.96. The molecule has 0 amide bonds. The van der Waals surface area contributed by atoms with Crippen LogP contribution in [-0.4, -0.2) is 23.4 Å². The number of hydrogen-bond donors (Lipinski definition) is 0. The molecule has 1 unspecified atom stereocenters. The Hall–Kier alpha value is -1.39. The van der Waals surface area contributed by atoms with Gasteiger partial charge >= 0.3 is 0 Å². The van der Waals surface area contributed by atoms with E-state index in [1.807, 2.05) is 18.2 Å². The standard InChI is InChI=1S/C16H17ClN2O2/c17-13-4-1-3-12(9-13)16(6-2-7-16)15-18-14(19-21-15)11-5-8-20-10-11/h1,3-4,9,11H,2,5-8,10H2. The van der Waals surface area contributed by atoms with E-state index < -0.39 is 0 Å². The van der Waals surface area contributed by atoms with Gasteiger partial charge < -0.3 is 9.26 Å². The highest BCUT2D eigenvalue weighted by Crippen LogP contribution is 2.49. The van der Waals surface area contributed by atoms with E-state index >= 15 is 0 Å². The number of halogens is 1. The third kappa shape index (κ3) is 2.17. The van der Waals surface area contributed by atoms with Gasteiger partial charge in [-0.2, -0.15) is 4.98 Å². The number of aromatic nitrogens is 2. The van der Waals surface area contributed by atoms with Crippen LogP contribution in [0.15, 0.2) is 28.8 Å². The molecule has 1 aromatic heterocycles. The minimum absolute atomic E-state index is 0.143. The zero-order valence-corrected chi connectivity index (χ0v) is 12.5. The smallest absolute Gasteiger partial charge is 0.237 e. The van der Waals surface area contributed by atoms with Crippen LogP contribution in [0.25, 0.3) is 0 Å². The Morgan fingerprint density at radius 3 is 2.86 bits per heavy atom. The van der Waals surface area contributed by atoms with Crippen LogP contribution in [0, 0.1) is 0 Å². The molecule has 1 aromatic carbocycles.